The molecule has 2 saturated heterocycles. The van der Waals surface area contributed by atoms with Crippen molar-refractivity contribution in [1.29, 1.82) is 0 Å². The van der Waals surface area contributed by atoms with E-state index in [-0.39, 0.29) is 5.91 Å². The molecular weight excluding hydrogens is 326 g/mol. The maximum absolute atomic E-state index is 12.8. The van der Waals surface area contributed by atoms with Crippen molar-refractivity contribution in [3.8, 4) is 0 Å². The number of benzene rings is 1. The smallest absolute Gasteiger partial charge is 0.272 e. The fraction of sp³-hybridized carbons (Fsp3) is 0.476. The van der Waals surface area contributed by atoms with Gasteiger partial charge in [0.2, 0.25) is 5.91 Å². The van der Waals surface area contributed by atoms with Crippen molar-refractivity contribution in [1.82, 2.24) is 14.8 Å². The fourth-order valence-corrected chi connectivity index (χ4v) is 4.03. The molecule has 5 nitrogen and oxygen atoms in total. The Morgan fingerprint density at radius 2 is 1.85 bits per heavy atom. The van der Waals surface area contributed by atoms with Gasteiger partial charge in [0.05, 0.1) is 5.52 Å². The molecule has 2 amide bonds. The van der Waals surface area contributed by atoms with Crippen LogP contribution in [0, 0.1) is 5.92 Å². The lowest BCUT2D eigenvalue weighted by Gasteiger charge is -2.36. The van der Waals surface area contributed by atoms with E-state index in [0.29, 0.717) is 23.9 Å². The van der Waals surface area contributed by atoms with Crippen molar-refractivity contribution >= 4 is 22.7 Å². The van der Waals surface area contributed by atoms with Crippen molar-refractivity contribution < 1.29 is 9.59 Å². The summed E-state index contributed by atoms with van der Waals surface area (Å²) in [5.41, 5.74) is 1.38. The Labute approximate surface area is 154 Å². The SMILES string of the molecule is O=C1CCCCN1CC1CCN(C(=O)c2ccc3ccccc3n2)CC1. The van der Waals surface area contributed by atoms with Gasteiger partial charge in [0.25, 0.3) is 5.91 Å². The lowest BCUT2D eigenvalue weighted by Crippen LogP contribution is -2.44. The molecule has 2 fully saturated rings. The minimum absolute atomic E-state index is 0.0169. The number of amides is 2. The van der Waals surface area contributed by atoms with Crippen LogP contribution in [0.25, 0.3) is 10.9 Å². The van der Waals surface area contributed by atoms with Crippen LogP contribution in [0.3, 0.4) is 0 Å². The van der Waals surface area contributed by atoms with Gasteiger partial charge in [-0.2, -0.15) is 0 Å². The number of piperidine rings is 2. The largest absolute Gasteiger partial charge is 0.342 e. The molecule has 0 bridgehead atoms. The van der Waals surface area contributed by atoms with E-state index in [1.54, 1.807) is 0 Å². The zero-order chi connectivity index (χ0) is 17.9. The molecule has 1 aromatic heterocycles. The summed E-state index contributed by atoms with van der Waals surface area (Å²) < 4.78 is 0. The first-order valence-corrected chi connectivity index (χ1v) is 9.63. The third kappa shape index (κ3) is 3.57. The molecular formula is C21H25N3O2. The van der Waals surface area contributed by atoms with Crippen LogP contribution in [0.1, 0.15) is 42.6 Å². The first-order chi connectivity index (χ1) is 12.7. The Balaban J connectivity index is 1.36. The van der Waals surface area contributed by atoms with Gasteiger partial charge in [-0.25, -0.2) is 4.98 Å². The normalized spacial score (nSPS) is 19.2. The molecule has 2 aliphatic heterocycles. The van der Waals surface area contributed by atoms with Gasteiger partial charge in [0.15, 0.2) is 0 Å². The molecule has 4 rings (SSSR count). The zero-order valence-corrected chi connectivity index (χ0v) is 15.1. The predicted octanol–water partition coefficient (Wildman–Crippen LogP) is 3.10. The Bertz CT molecular complexity index is 812. The van der Waals surface area contributed by atoms with Gasteiger partial charge in [-0.3, -0.25) is 9.59 Å². The third-order valence-electron chi connectivity index (χ3n) is 5.62. The minimum atomic E-state index is 0.0169. The summed E-state index contributed by atoms with van der Waals surface area (Å²) >= 11 is 0. The molecule has 5 heteroatoms. The number of rotatable bonds is 3. The van der Waals surface area contributed by atoms with Gasteiger partial charge in [-0.05, 0) is 43.7 Å². The number of hydrogen-bond acceptors (Lipinski definition) is 3. The second-order valence-corrected chi connectivity index (χ2v) is 7.42. The average molecular weight is 351 g/mol. The molecule has 0 unspecified atom stereocenters. The summed E-state index contributed by atoms with van der Waals surface area (Å²) in [4.78, 5) is 33.2. The van der Waals surface area contributed by atoms with Crippen molar-refractivity contribution in [2.24, 2.45) is 5.92 Å². The summed E-state index contributed by atoms with van der Waals surface area (Å²) in [5.74, 6) is 0.823. The number of pyridine rings is 1. The van der Waals surface area contributed by atoms with Crippen LogP contribution in [-0.4, -0.2) is 52.8 Å². The standard InChI is InChI=1S/C21H25N3O2/c25-20-7-3-4-12-24(20)15-16-10-13-23(14-11-16)21(26)19-9-8-17-5-1-2-6-18(17)22-19/h1-2,5-6,8-9,16H,3-4,7,10-15H2. The number of likely N-dealkylation sites (tertiary alicyclic amines) is 2. The van der Waals surface area contributed by atoms with Gasteiger partial charge in [-0.1, -0.05) is 24.3 Å². The van der Waals surface area contributed by atoms with Gasteiger partial charge in [0.1, 0.15) is 5.69 Å². The van der Waals surface area contributed by atoms with Gasteiger partial charge < -0.3 is 9.80 Å². The third-order valence-corrected chi connectivity index (χ3v) is 5.62. The van der Waals surface area contributed by atoms with Crippen molar-refractivity contribution in [2.75, 3.05) is 26.2 Å². The molecule has 2 aliphatic rings. The van der Waals surface area contributed by atoms with E-state index >= 15 is 0 Å². The topological polar surface area (TPSA) is 53.5 Å². The Morgan fingerprint density at radius 1 is 1.04 bits per heavy atom. The number of carbonyl (C=O) groups excluding carboxylic acids is 2. The summed E-state index contributed by atoms with van der Waals surface area (Å²) in [6.07, 6.45) is 4.77. The van der Waals surface area contributed by atoms with Crippen LogP contribution >= 0.6 is 0 Å². The van der Waals surface area contributed by atoms with Gasteiger partial charge in [0, 0.05) is 38.0 Å². The van der Waals surface area contributed by atoms with E-state index in [1.165, 1.54) is 0 Å². The fourth-order valence-electron chi connectivity index (χ4n) is 4.03. The molecule has 2 aromatic rings. The number of hydrogen-bond donors (Lipinski definition) is 0. The van der Waals surface area contributed by atoms with Gasteiger partial charge in [-0.15, -0.1) is 0 Å². The summed E-state index contributed by atoms with van der Waals surface area (Å²) in [5, 5.41) is 1.05. The number of nitrogens with zero attached hydrogens (tertiary/aromatic N) is 3. The highest BCUT2D eigenvalue weighted by Gasteiger charge is 2.27. The van der Waals surface area contributed by atoms with Crippen LogP contribution in [0.4, 0.5) is 0 Å². The molecule has 0 aliphatic carbocycles. The maximum atomic E-state index is 12.8. The Kier molecular flexibility index (Phi) is 4.87. The average Bonchev–Trinajstić information content (AvgIpc) is 2.69. The second kappa shape index (κ2) is 7.44. The molecule has 1 aromatic carbocycles. The molecule has 136 valence electrons. The second-order valence-electron chi connectivity index (χ2n) is 7.42. The predicted molar refractivity (Wildman–Crippen MR) is 101 cm³/mol. The number of aromatic nitrogens is 1. The van der Waals surface area contributed by atoms with Crippen LogP contribution < -0.4 is 0 Å². The zero-order valence-electron chi connectivity index (χ0n) is 15.1. The Morgan fingerprint density at radius 3 is 2.65 bits per heavy atom. The monoisotopic (exact) mass is 351 g/mol. The van der Waals surface area contributed by atoms with E-state index in [2.05, 4.69) is 4.98 Å². The van der Waals surface area contributed by atoms with Crippen LogP contribution in [-0.2, 0) is 4.79 Å². The van der Waals surface area contributed by atoms with Crippen molar-refractivity contribution in [2.45, 2.75) is 32.1 Å². The molecule has 0 radical (unpaired) electrons. The van der Waals surface area contributed by atoms with Gasteiger partial charge >= 0.3 is 0 Å². The maximum Gasteiger partial charge on any atom is 0.272 e. The highest BCUT2D eigenvalue weighted by atomic mass is 16.2. The molecule has 0 N–H and O–H groups in total. The number of carbonyl (C=O) groups is 2. The molecule has 0 saturated carbocycles. The molecule has 0 spiro atoms. The highest BCUT2D eigenvalue weighted by Crippen LogP contribution is 2.22. The van der Waals surface area contributed by atoms with Crippen LogP contribution in [0.15, 0.2) is 36.4 Å². The van der Waals surface area contributed by atoms with E-state index in [1.807, 2.05) is 46.2 Å². The molecule has 0 atom stereocenters. The Hall–Kier alpha value is -2.43. The van der Waals surface area contributed by atoms with Crippen LogP contribution in [0.2, 0.25) is 0 Å². The number of para-hydroxylation sites is 1. The van der Waals surface area contributed by atoms with E-state index in [9.17, 15) is 9.59 Å². The van der Waals surface area contributed by atoms with Crippen molar-refractivity contribution in [3.63, 3.8) is 0 Å². The summed E-state index contributed by atoms with van der Waals surface area (Å²) in [6.45, 7) is 3.26. The van der Waals surface area contributed by atoms with E-state index in [0.717, 1.165) is 62.8 Å². The van der Waals surface area contributed by atoms with E-state index < -0.39 is 0 Å². The number of fused-ring (bicyclic) bond motifs is 1. The first kappa shape index (κ1) is 17.0. The first-order valence-electron chi connectivity index (χ1n) is 9.63. The molecule has 3 heterocycles. The lowest BCUT2D eigenvalue weighted by molar-refractivity contribution is -0.134. The van der Waals surface area contributed by atoms with Crippen LogP contribution in [0.5, 0.6) is 0 Å². The van der Waals surface area contributed by atoms with E-state index in [4.69, 9.17) is 0 Å². The quantitative estimate of drug-likeness (QED) is 0.854. The molecule has 26 heavy (non-hydrogen) atoms. The summed E-state index contributed by atoms with van der Waals surface area (Å²) in [6, 6.07) is 11.6. The van der Waals surface area contributed by atoms with Crippen molar-refractivity contribution in [3.05, 3.63) is 42.1 Å². The minimum Gasteiger partial charge on any atom is -0.342 e. The highest BCUT2D eigenvalue weighted by molar-refractivity contribution is 5.95. The summed E-state index contributed by atoms with van der Waals surface area (Å²) in [7, 11) is 0. The lowest BCUT2D eigenvalue weighted by atomic mass is 9.95.